The molecule has 1 atom stereocenters. The number of carbonyl (C=O) groups excluding carboxylic acids is 4. The van der Waals surface area contributed by atoms with Crippen molar-refractivity contribution in [2.24, 2.45) is 5.92 Å². The van der Waals surface area contributed by atoms with Crippen molar-refractivity contribution in [2.75, 3.05) is 13.4 Å². The number of hydrogen-bond acceptors (Lipinski definition) is 7. The number of ketones is 1. The normalized spacial score (nSPS) is 15.4. The van der Waals surface area contributed by atoms with Crippen molar-refractivity contribution in [3.63, 3.8) is 0 Å². The van der Waals surface area contributed by atoms with Crippen LogP contribution in [0.15, 0.2) is 42.5 Å². The standard InChI is InChI=1S/C22H19NO7/c1-12(2)19(23-20(25)14-5-3-4-6-15(14)21(23)26)22(27)28-10-16(24)13-7-8-17-18(9-13)30-11-29-17/h3-9,12,19H,10-11H2,1-2H3/t19-/m0/s1. The van der Waals surface area contributed by atoms with Crippen LogP contribution in [0.2, 0.25) is 0 Å². The highest BCUT2D eigenvalue weighted by Gasteiger charge is 2.44. The zero-order chi connectivity index (χ0) is 21.4. The molecule has 154 valence electrons. The summed E-state index contributed by atoms with van der Waals surface area (Å²) in [4.78, 5) is 51.6. The van der Waals surface area contributed by atoms with Gasteiger partial charge in [0.05, 0.1) is 11.1 Å². The SMILES string of the molecule is CC(C)[C@@H](C(=O)OCC(=O)c1ccc2c(c1)OCO2)N1C(=O)c2ccccc2C1=O. The number of imide groups is 1. The Morgan fingerprint density at radius 2 is 1.63 bits per heavy atom. The van der Waals surface area contributed by atoms with E-state index >= 15 is 0 Å². The summed E-state index contributed by atoms with van der Waals surface area (Å²) in [6, 6.07) is 9.93. The molecule has 0 fully saturated rings. The van der Waals surface area contributed by atoms with Crippen molar-refractivity contribution in [3.8, 4) is 11.5 Å². The van der Waals surface area contributed by atoms with E-state index in [1.54, 1.807) is 50.2 Å². The molecule has 0 saturated carbocycles. The number of rotatable bonds is 6. The van der Waals surface area contributed by atoms with Gasteiger partial charge in [-0.1, -0.05) is 26.0 Å². The lowest BCUT2D eigenvalue weighted by Gasteiger charge is -2.27. The number of fused-ring (bicyclic) bond motifs is 2. The van der Waals surface area contributed by atoms with E-state index in [4.69, 9.17) is 14.2 Å². The lowest BCUT2D eigenvalue weighted by atomic mass is 10.0. The Kier molecular flexibility index (Phi) is 4.99. The Morgan fingerprint density at radius 3 is 2.27 bits per heavy atom. The Balaban J connectivity index is 1.48. The van der Waals surface area contributed by atoms with E-state index < -0.39 is 42.1 Å². The summed E-state index contributed by atoms with van der Waals surface area (Å²) < 4.78 is 15.6. The van der Waals surface area contributed by atoms with Crippen LogP contribution in [0.25, 0.3) is 0 Å². The topological polar surface area (TPSA) is 99.2 Å². The molecule has 0 N–H and O–H groups in total. The van der Waals surface area contributed by atoms with E-state index in [1.807, 2.05) is 0 Å². The molecule has 0 spiro atoms. The maximum atomic E-state index is 12.8. The van der Waals surface area contributed by atoms with Gasteiger partial charge in [-0.3, -0.25) is 19.3 Å². The predicted molar refractivity (Wildman–Crippen MR) is 103 cm³/mol. The predicted octanol–water partition coefficient (Wildman–Crippen LogP) is 2.46. The zero-order valence-corrected chi connectivity index (χ0v) is 16.4. The monoisotopic (exact) mass is 409 g/mol. The summed E-state index contributed by atoms with van der Waals surface area (Å²) in [5, 5.41) is 0. The molecule has 0 aliphatic carbocycles. The average molecular weight is 409 g/mol. The Hall–Kier alpha value is -3.68. The van der Waals surface area contributed by atoms with Crippen LogP contribution in [-0.4, -0.2) is 47.9 Å². The number of amides is 2. The number of nitrogens with zero attached hydrogens (tertiary/aromatic N) is 1. The molecule has 2 aromatic carbocycles. The van der Waals surface area contributed by atoms with Gasteiger partial charge in [-0.25, -0.2) is 4.79 Å². The Morgan fingerprint density at radius 1 is 1.00 bits per heavy atom. The number of ether oxygens (including phenoxy) is 3. The van der Waals surface area contributed by atoms with Crippen LogP contribution in [0.4, 0.5) is 0 Å². The van der Waals surface area contributed by atoms with Gasteiger partial charge in [0.25, 0.3) is 11.8 Å². The molecule has 0 unspecified atom stereocenters. The van der Waals surface area contributed by atoms with Gasteiger partial charge >= 0.3 is 5.97 Å². The van der Waals surface area contributed by atoms with Crippen LogP contribution in [-0.2, 0) is 9.53 Å². The summed E-state index contributed by atoms with van der Waals surface area (Å²) in [6.45, 7) is 2.97. The Bertz CT molecular complexity index is 1020. The highest BCUT2D eigenvalue weighted by molar-refractivity contribution is 6.22. The van der Waals surface area contributed by atoms with Gasteiger partial charge in [0.15, 0.2) is 23.9 Å². The van der Waals surface area contributed by atoms with Gasteiger partial charge in [-0.15, -0.1) is 0 Å². The van der Waals surface area contributed by atoms with Crippen molar-refractivity contribution >= 4 is 23.6 Å². The summed E-state index contributed by atoms with van der Waals surface area (Å²) in [5.74, 6) is -1.77. The third kappa shape index (κ3) is 3.30. The third-order valence-electron chi connectivity index (χ3n) is 5.02. The van der Waals surface area contributed by atoms with E-state index in [-0.39, 0.29) is 17.9 Å². The molecule has 30 heavy (non-hydrogen) atoms. The van der Waals surface area contributed by atoms with Crippen LogP contribution in [0.1, 0.15) is 44.9 Å². The lowest BCUT2D eigenvalue weighted by molar-refractivity contribution is -0.148. The fourth-order valence-electron chi connectivity index (χ4n) is 3.51. The Labute approximate surface area is 172 Å². The van der Waals surface area contributed by atoms with Gasteiger partial charge < -0.3 is 14.2 Å². The van der Waals surface area contributed by atoms with Gasteiger partial charge in [-0.2, -0.15) is 0 Å². The second-order valence-electron chi connectivity index (χ2n) is 7.31. The van der Waals surface area contributed by atoms with Crippen LogP contribution >= 0.6 is 0 Å². The summed E-state index contributed by atoms with van der Waals surface area (Å²) in [6.07, 6.45) is 0. The van der Waals surface area contributed by atoms with E-state index in [9.17, 15) is 19.2 Å². The van der Waals surface area contributed by atoms with Gasteiger partial charge in [0.1, 0.15) is 6.04 Å². The fraction of sp³-hybridized carbons (Fsp3) is 0.273. The summed E-state index contributed by atoms with van der Waals surface area (Å²) >= 11 is 0. The van der Waals surface area contributed by atoms with E-state index in [1.165, 1.54) is 6.07 Å². The molecular formula is C22H19NO7. The maximum Gasteiger partial charge on any atom is 0.330 e. The zero-order valence-electron chi connectivity index (χ0n) is 16.4. The fourth-order valence-corrected chi connectivity index (χ4v) is 3.51. The number of carbonyl (C=O) groups is 4. The van der Waals surface area contributed by atoms with Crippen LogP contribution in [0.3, 0.4) is 0 Å². The molecule has 4 rings (SSSR count). The first kappa shape index (κ1) is 19.6. The summed E-state index contributed by atoms with van der Waals surface area (Å²) in [5.41, 5.74) is 0.795. The van der Waals surface area contributed by atoms with Crippen LogP contribution in [0, 0.1) is 5.92 Å². The molecule has 0 aromatic heterocycles. The van der Waals surface area contributed by atoms with Crippen LogP contribution in [0.5, 0.6) is 11.5 Å². The van der Waals surface area contributed by atoms with Gasteiger partial charge in [-0.05, 0) is 36.2 Å². The first-order chi connectivity index (χ1) is 14.4. The molecular weight excluding hydrogens is 390 g/mol. The summed E-state index contributed by atoms with van der Waals surface area (Å²) in [7, 11) is 0. The molecule has 2 heterocycles. The molecule has 2 amide bonds. The second-order valence-corrected chi connectivity index (χ2v) is 7.31. The number of benzene rings is 2. The second kappa shape index (κ2) is 7.62. The number of Topliss-reactive ketones (excluding diaryl/α,β-unsaturated/α-hetero) is 1. The smallest absolute Gasteiger partial charge is 0.330 e. The van der Waals surface area contributed by atoms with E-state index in [0.29, 0.717) is 17.1 Å². The minimum atomic E-state index is -1.14. The van der Waals surface area contributed by atoms with Crippen LogP contribution < -0.4 is 9.47 Å². The maximum absolute atomic E-state index is 12.8. The molecule has 2 aliphatic heterocycles. The quantitative estimate of drug-likeness (QED) is 0.410. The first-order valence-corrected chi connectivity index (χ1v) is 9.45. The molecule has 0 radical (unpaired) electrons. The number of esters is 1. The molecule has 8 heteroatoms. The largest absolute Gasteiger partial charge is 0.456 e. The van der Waals surface area contributed by atoms with Gasteiger partial charge in [0.2, 0.25) is 6.79 Å². The first-order valence-electron chi connectivity index (χ1n) is 9.45. The third-order valence-corrected chi connectivity index (χ3v) is 5.02. The average Bonchev–Trinajstić information content (AvgIpc) is 3.30. The minimum absolute atomic E-state index is 0.0817. The van der Waals surface area contributed by atoms with Crippen molar-refractivity contribution in [1.29, 1.82) is 0 Å². The molecule has 2 aromatic rings. The molecule has 0 saturated heterocycles. The van der Waals surface area contributed by atoms with E-state index in [0.717, 1.165) is 4.90 Å². The van der Waals surface area contributed by atoms with Crippen molar-refractivity contribution in [3.05, 3.63) is 59.2 Å². The molecule has 0 bridgehead atoms. The minimum Gasteiger partial charge on any atom is -0.456 e. The highest BCUT2D eigenvalue weighted by Crippen LogP contribution is 2.32. The lowest BCUT2D eigenvalue weighted by Crippen LogP contribution is -2.49. The number of hydrogen-bond donors (Lipinski definition) is 0. The van der Waals surface area contributed by atoms with Crippen molar-refractivity contribution < 1.29 is 33.4 Å². The van der Waals surface area contributed by atoms with Gasteiger partial charge in [0, 0.05) is 5.56 Å². The van der Waals surface area contributed by atoms with E-state index in [2.05, 4.69) is 0 Å². The molecule has 2 aliphatic rings. The van der Waals surface area contributed by atoms with Crippen molar-refractivity contribution in [1.82, 2.24) is 4.90 Å². The van der Waals surface area contributed by atoms with Crippen molar-refractivity contribution in [2.45, 2.75) is 19.9 Å². The molecule has 8 nitrogen and oxygen atoms in total. The highest BCUT2D eigenvalue weighted by atomic mass is 16.7.